The standard InChI is InChI=1S/C18H25FN4/c1-3-18(8-5-9-18)13-23-17(21-4-2)22-12-15-10-14(11-20)6-7-16(15)19/h6-7,10H,3-5,8-9,12-13H2,1-2H3,(H2,21,22,23). The molecule has 1 aromatic rings. The van der Waals surface area contributed by atoms with Crippen LogP contribution in [0.25, 0.3) is 0 Å². The Bertz CT molecular complexity index is 594. The van der Waals surface area contributed by atoms with E-state index in [4.69, 9.17) is 5.26 Å². The van der Waals surface area contributed by atoms with E-state index in [-0.39, 0.29) is 12.4 Å². The van der Waals surface area contributed by atoms with Gasteiger partial charge >= 0.3 is 0 Å². The van der Waals surface area contributed by atoms with E-state index in [0.29, 0.717) is 22.5 Å². The monoisotopic (exact) mass is 316 g/mol. The van der Waals surface area contributed by atoms with Crippen molar-refractivity contribution in [2.75, 3.05) is 13.1 Å². The summed E-state index contributed by atoms with van der Waals surface area (Å²) in [7, 11) is 0. The average Bonchev–Trinajstić information content (AvgIpc) is 2.53. The molecule has 1 aromatic carbocycles. The molecule has 1 aliphatic rings. The van der Waals surface area contributed by atoms with Crippen molar-refractivity contribution in [1.82, 2.24) is 10.6 Å². The van der Waals surface area contributed by atoms with Gasteiger partial charge in [-0.3, -0.25) is 0 Å². The molecule has 2 N–H and O–H groups in total. The quantitative estimate of drug-likeness (QED) is 0.625. The molecule has 0 spiro atoms. The second-order valence-electron chi connectivity index (χ2n) is 6.17. The molecule has 0 bridgehead atoms. The van der Waals surface area contributed by atoms with Crippen LogP contribution in [0.2, 0.25) is 0 Å². The topological polar surface area (TPSA) is 60.2 Å². The fourth-order valence-electron chi connectivity index (χ4n) is 2.87. The molecule has 0 atom stereocenters. The fraction of sp³-hybridized carbons (Fsp3) is 0.556. The van der Waals surface area contributed by atoms with Crippen LogP contribution in [0.5, 0.6) is 0 Å². The van der Waals surface area contributed by atoms with Crippen molar-refractivity contribution in [1.29, 1.82) is 5.26 Å². The van der Waals surface area contributed by atoms with Crippen molar-refractivity contribution < 1.29 is 4.39 Å². The third kappa shape index (κ3) is 4.44. The average molecular weight is 316 g/mol. The number of halogens is 1. The third-order valence-corrected chi connectivity index (χ3v) is 4.72. The van der Waals surface area contributed by atoms with Crippen LogP contribution < -0.4 is 10.6 Å². The number of hydrogen-bond acceptors (Lipinski definition) is 2. The minimum absolute atomic E-state index is 0.218. The number of hydrogen-bond donors (Lipinski definition) is 2. The molecule has 124 valence electrons. The summed E-state index contributed by atoms with van der Waals surface area (Å²) in [6.45, 7) is 6.11. The number of nitriles is 1. The molecule has 0 amide bonds. The predicted molar refractivity (Wildman–Crippen MR) is 90.5 cm³/mol. The highest BCUT2D eigenvalue weighted by atomic mass is 19.1. The molecular formula is C18H25FN4. The fourth-order valence-corrected chi connectivity index (χ4v) is 2.87. The van der Waals surface area contributed by atoms with Gasteiger partial charge in [0.05, 0.1) is 18.2 Å². The van der Waals surface area contributed by atoms with E-state index in [1.807, 2.05) is 13.0 Å². The Balaban J connectivity index is 2.02. The lowest BCUT2D eigenvalue weighted by molar-refractivity contribution is 0.131. The first kappa shape index (κ1) is 17.3. The lowest BCUT2D eigenvalue weighted by Crippen LogP contribution is -2.46. The number of aliphatic imine (C=N–C) groups is 1. The summed E-state index contributed by atoms with van der Waals surface area (Å²) >= 11 is 0. The molecule has 0 heterocycles. The van der Waals surface area contributed by atoms with Crippen LogP contribution in [-0.2, 0) is 6.54 Å². The molecule has 0 aliphatic heterocycles. The third-order valence-electron chi connectivity index (χ3n) is 4.72. The van der Waals surface area contributed by atoms with Crippen molar-refractivity contribution in [2.24, 2.45) is 10.4 Å². The Morgan fingerprint density at radius 1 is 1.35 bits per heavy atom. The number of rotatable bonds is 6. The zero-order valence-electron chi connectivity index (χ0n) is 14.0. The van der Waals surface area contributed by atoms with Gasteiger partial charge in [-0.25, -0.2) is 9.38 Å². The number of nitrogens with one attached hydrogen (secondary N) is 2. The van der Waals surface area contributed by atoms with Crippen LogP contribution in [0.4, 0.5) is 4.39 Å². The Kier molecular flexibility index (Phi) is 5.97. The second kappa shape index (κ2) is 7.96. The zero-order valence-corrected chi connectivity index (χ0v) is 14.0. The number of benzene rings is 1. The summed E-state index contributed by atoms with van der Waals surface area (Å²) in [6.07, 6.45) is 4.98. The van der Waals surface area contributed by atoms with Crippen molar-refractivity contribution in [3.05, 3.63) is 35.1 Å². The van der Waals surface area contributed by atoms with Gasteiger partial charge in [0.2, 0.25) is 0 Å². The SMILES string of the molecule is CCNC(=NCc1cc(C#N)ccc1F)NCC1(CC)CCC1. The molecule has 1 fully saturated rings. The van der Waals surface area contributed by atoms with Gasteiger partial charge in [0.1, 0.15) is 5.82 Å². The van der Waals surface area contributed by atoms with Crippen LogP contribution in [0.3, 0.4) is 0 Å². The van der Waals surface area contributed by atoms with Gasteiger partial charge in [-0.2, -0.15) is 5.26 Å². The Morgan fingerprint density at radius 2 is 2.13 bits per heavy atom. The maximum atomic E-state index is 13.8. The summed E-state index contributed by atoms with van der Waals surface area (Å²) in [5, 5.41) is 15.5. The van der Waals surface area contributed by atoms with Crippen molar-refractivity contribution in [3.8, 4) is 6.07 Å². The van der Waals surface area contributed by atoms with E-state index in [9.17, 15) is 4.39 Å². The molecule has 23 heavy (non-hydrogen) atoms. The minimum Gasteiger partial charge on any atom is -0.357 e. The highest BCUT2D eigenvalue weighted by Gasteiger charge is 2.34. The van der Waals surface area contributed by atoms with E-state index in [0.717, 1.165) is 19.5 Å². The van der Waals surface area contributed by atoms with E-state index >= 15 is 0 Å². The van der Waals surface area contributed by atoms with E-state index in [1.165, 1.54) is 31.4 Å². The molecular weight excluding hydrogens is 291 g/mol. The Labute approximate surface area is 137 Å². The molecule has 1 saturated carbocycles. The zero-order chi connectivity index (χ0) is 16.7. The van der Waals surface area contributed by atoms with E-state index in [2.05, 4.69) is 22.5 Å². The van der Waals surface area contributed by atoms with E-state index in [1.54, 1.807) is 6.07 Å². The molecule has 0 unspecified atom stereocenters. The van der Waals surface area contributed by atoms with Gasteiger partial charge in [0, 0.05) is 18.7 Å². The first-order valence-electron chi connectivity index (χ1n) is 8.33. The summed E-state index contributed by atoms with van der Waals surface area (Å²) in [5.41, 5.74) is 1.28. The van der Waals surface area contributed by atoms with Crippen LogP contribution in [-0.4, -0.2) is 19.0 Å². The smallest absolute Gasteiger partial charge is 0.191 e. The highest BCUT2D eigenvalue weighted by molar-refractivity contribution is 5.79. The van der Waals surface area contributed by atoms with Crippen molar-refractivity contribution in [2.45, 2.75) is 46.1 Å². The molecule has 0 aromatic heterocycles. The maximum absolute atomic E-state index is 13.8. The summed E-state index contributed by atoms with van der Waals surface area (Å²) in [6, 6.07) is 6.39. The molecule has 0 saturated heterocycles. The molecule has 2 rings (SSSR count). The first-order chi connectivity index (χ1) is 11.1. The van der Waals surface area contributed by atoms with Gasteiger partial charge in [0.25, 0.3) is 0 Å². The largest absolute Gasteiger partial charge is 0.357 e. The van der Waals surface area contributed by atoms with Crippen LogP contribution in [0, 0.1) is 22.6 Å². The maximum Gasteiger partial charge on any atom is 0.191 e. The summed E-state index contributed by atoms with van der Waals surface area (Å²) in [5.74, 6) is 0.376. The number of nitrogens with zero attached hydrogens (tertiary/aromatic N) is 2. The molecule has 5 heteroatoms. The first-order valence-corrected chi connectivity index (χ1v) is 8.33. The van der Waals surface area contributed by atoms with Gasteiger partial charge in [-0.15, -0.1) is 0 Å². The molecule has 4 nitrogen and oxygen atoms in total. The second-order valence-corrected chi connectivity index (χ2v) is 6.17. The lowest BCUT2D eigenvalue weighted by atomic mass is 9.67. The normalized spacial score (nSPS) is 16.3. The van der Waals surface area contributed by atoms with Gasteiger partial charge < -0.3 is 10.6 Å². The van der Waals surface area contributed by atoms with Crippen LogP contribution in [0.1, 0.15) is 50.7 Å². The Morgan fingerprint density at radius 3 is 2.70 bits per heavy atom. The number of guanidine groups is 1. The molecule has 1 aliphatic carbocycles. The lowest BCUT2D eigenvalue weighted by Gasteiger charge is -2.41. The van der Waals surface area contributed by atoms with Crippen LogP contribution in [0.15, 0.2) is 23.2 Å². The predicted octanol–water partition coefficient (Wildman–Crippen LogP) is 3.33. The summed E-state index contributed by atoms with van der Waals surface area (Å²) < 4.78 is 13.8. The van der Waals surface area contributed by atoms with Gasteiger partial charge in [0.15, 0.2) is 5.96 Å². The van der Waals surface area contributed by atoms with Gasteiger partial charge in [-0.05, 0) is 49.8 Å². The Hall–Kier alpha value is -2.09. The van der Waals surface area contributed by atoms with E-state index < -0.39 is 0 Å². The highest BCUT2D eigenvalue weighted by Crippen LogP contribution is 2.42. The van der Waals surface area contributed by atoms with Gasteiger partial charge in [-0.1, -0.05) is 13.3 Å². The van der Waals surface area contributed by atoms with Crippen LogP contribution >= 0.6 is 0 Å². The minimum atomic E-state index is -0.326. The molecule has 0 radical (unpaired) electrons. The van der Waals surface area contributed by atoms with Crippen molar-refractivity contribution >= 4 is 5.96 Å². The summed E-state index contributed by atoms with van der Waals surface area (Å²) in [4.78, 5) is 4.46. The van der Waals surface area contributed by atoms with Crippen molar-refractivity contribution in [3.63, 3.8) is 0 Å².